The van der Waals surface area contributed by atoms with Crippen LogP contribution in [0.25, 0.3) is 11.0 Å². The van der Waals surface area contributed by atoms with E-state index in [-0.39, 0.29) is 11.8 Å². The maximum atomic E-state index is 12.4. The summed E-state index contributed by atoms with van der Waals surface area (Å²) in [6.45, 7) is 4.47. The Bertz CT molecular complexity index is 1190. The Labute approximate surface area is 179 Å². The number of halogens is 1. The molecule has 0 radical (unpaired) electrons. The first-order valence-electron chi connectivity index (χ1n) is 9.57. The van der Waals surface area contributed by atoms with Gasteiger partial charge in [0.2, 0.25) is 0 Å². The normalized spacial score (nSPS) is 10.9. The minimum absolute atomic E-state index is 0.206. The van der Waals surface area contributed by atoms with Crippen molar-refractivity contribution in [1.82, 2.24) is 14.8 Å². The fourth-order valence-corrected chi connectivity index (χ4v) is 3.42. The van der Waals surface area contributed by atoms with Crippen LogP contribution in [0.5, 0.6) is 11.5 Å². The summed E-state index contributed by atoms with van der Waals surface area (Å²) in [6, 6.07) is 18.9. The number of carbonyl (C=O) groups is 1. The number of carbonyl (C=O) groups excluding carboxylic acids is 1. The fraction of sp³-hybridized carbons (Fsp3) is 0.174. The Balaban J connectivity index is 1.60. The van der Waals surface area contributed by atoms with Gasteiger partial charge in [-0.2, -0.15) is 5.10 Å². The van der Waals surface area contributed by atoms with Crippen molar-refractivity contribution in [2.75, 3.05) is 6.61 Å². The third-order valence-electron chi connectivity index (χ3n) is 4.66. The summed E-state index contributed by atoms with van der Waals surface area (Å²) in [5, 5.41) is 5.40. The maximum absolute atomic E-state index is 12.4. The van der Waals surface area contributed by atoms with Crippen LogP contribution in [0.3, 0.4) is 0 Å². The first-order chi connectivity index (χ1) is 14.5. The van der Waals surface area contributed by atoms with Gasteiger partial charge in [-0.1, -0.05) is 41.9 Å². The number of fused-ring (bicyclic) bond motifs is 1. The highest BCUT2D eigenvalue weighted by Crippen LogP contribution is 2.26. The summed E-state index contributed by atoms with van der Waals surface area (Å²) in [5.41, 5.74) is 2.66. The Morgan fingerprint density at radius 1 is 1.07 bits per heavy atom. The summed E-state index contributed by atoms with van der Waals surface area (Å²) in [4.78, 5) is 16.6. The number of rotatable bonds is 6. The molecule has 2 heterocycles. The van der Waals surface area contributed by atoms with Crippen LogP contribution in [0.2, 0.25) is 5.15 Å². The lowest BCUT2D eigenvalue weighted by atomic mass is 10.1. The Kier molecular flexibility index (Phi) is 5.68. The standard InChI is InChI=1S/C23H20ClN3O3/c1-3-29-23(28)19-13-20(24)25-22-21(19)15(2)27(26-22)14-16-9-11-18(12-10-16)30-17-7-5-4-6-8-17/h4-13H,3,14H2,1-2H3. The van der Waals surface area contributed by atoms with Crippen LogP contribution >= 0.6 is 11.6 Å². The van der Waals surface area contributed by atoms with E-state index in [1.807, 2.05) is 66.2 Å². The second-order valence-electron chi connectivity index (χ2n) is 6.71. The van der Waals surface area contributed by atoms with Gasteiger partial charge >= 0.3 is 5.97 Å². The predicted molar refractivity (Wildman–Crippen MR) is 115 cm³/mol. The number of ether oxygens (including phenoxy) is 2. The Hall–Kier alpha value is -3.38. The van der Waals surface area contributed by atoms with E-state index >= 15 is 0 Å². The molecule has 0 N–H and O–H groups in total. The van der Waals surface area contributed by atoms with E-state index in [1.165, 1.54) is 6.07 Å². The highest BCUT2D eigenvalue weighted by atomic mass is 35.5. The van der Waals surface area contributed by atoms with Crippen molar-refractivity contribution in [3.63, 3.8) is 0 Å². The van der Waals surface area contributed by atoms with Crippen LogP contribution < -0.4 is 4.74 Å². The van der Waals surface area contributed by atoms with Crippen molar-refractivity contribution < 1.29 is 14.3 Å². The van der Waals surface area contributed by atoms with Gasteiger partial charge in [0.05, 0.1) is 24.1 Å². The van der Waals surface area contributed by atoms with E-state index < -0.39 is 5.97 Å². The van der Waals surface area contributed by atoms with E-state index in [4.69, 9.17) is 21.1 Å². The highest BCUT2D eigenvalue weighted by molar-refractivity contribution is 6.30. The molecule has 152 valence electrons. The molecule has 0 aliphatic carbocycles. The zero-order valence-electron chi connectivity index (χ0n) is 16.6. The van der Waals surface area contributed by atoms with Gasteiger partial charge in [0.25, 0.3) is 0 Å². The number of nitrogens with zero attached hydrogens (tertiary/aromatic N) is 3. The molecule has 4 aromatic rings. The zero-order chi connectivity index (χ0) is 21.1. The quantitative estimate of drug-likeness (QED) is 0.307. The van der Waals surface area contributed by atoms with Gasteiger partial charge < -0.3 is 9.47 Å². The number of para-hydroxylation sites is 1. The molecule has 0 saturated carbocycles. The van der Waals surface area contributed by atoms with Gasteiger partial charge in [-0.25, -0.2) is 9.78 Å². The smallest absolute Gasteiger partial charge is 0.339 e. The molecule has 0 aliphatic rings. The number of hydrogen-bond donors (Lipinski definition) is 0. The van der Waals surface area contributed by atoms with Crippen LogP contribution in [0, 0.1) is 6.92 Å². The van der Waals surface area contributed by atoms with Crippen LogP contribution in [-0.4, -0.2) is 27.3 Å². The molecule has 0 aliphatic heterocycles. The van der Waals surface area contributed by atoms with Crippen molar-refractivity contribution in [3.05, 3.63) is 82.6 Å². The molecule has 2 aromatic heterocycles. The van der Waals surface area contributed by atoms with Gasteiger partial charge in [-0.15, -0.1) is 0 Å². The molecule has 0 saturated heterocycles. The average Bonchev–Trinajstić information content (AvgIpc) is 3.05. The molecule has 0 spiro atoms. The van der Waals surface area contributed by atoms with Gasteiger partial charge in [-0.05, 0) is 49.7 Å². The third kappa shape index (κ3) is 4.14. The van der Waals surface area contributed by atoms with E-state index in [2.05, 4.69) is 10.1 Å². The number of hydrogen-bond acceptors (Lipinski definition) is 5. The van der Waals surface area contributed by atoms with E-state index in [9.17, 15) is 4.79 Å². The van der Waals surface area contributed by atoms with Crippen LogP contribution in [0.15, 0.2) is 60.7 Å². The van der Waals surface area contributed by atoms with Crippen molar-refractivity contribution in [1.29, 1.82) is 0 Å². The second-order valence-corrected chi connectivity index (χ2v) is 7.10. The number of aryl methyl sites for hydroxylation is 1. The van der Waals surface area contributed by atoms with Crippen molar-refractivity contribution in [2.45, 2.75) is 20.4 Å². The molecular formula is C23H20ClN3O3. The number of esters is 1. The molecule has 0 unspecified atom stereocenters. The minimum Gasteiger partial charge on any atom is -0.462 e. The van der Waals surface area contributed by atoms with Crippen molar-refractivity contribution >= 4 is 28.6 Å². The first kappa shape index (κ1) is 19.9. The zero-order valence-corrected chi connectivity index (χ0v) is 17.4. The fourth-order valence-electron chi connectivity index (χ4n) is 3.23. The van der Waals surface area contributed by atoms with Gasteiger partial charge in [-0.3, -0.25) is 4.68 Å². The van der Waals surface area contributed by atoms with Gasteiger partial charge in [0.15, 0.2) is 5.65 Å². The summed E-state index contributed by atoms with van der Waals surface area (Å²) < 4.78 is 12.8. The van der Waals surface area contributed by atoms with Gasteiger partial charge in [0.1, 0.15) is 16.7 Å². The summed E-state index contributed by atoms with van der Waals surface area (Å²) >= 11 is 6.09. The molecular weight excluding hydrogens is 402 g/mol. The summed E-state index contributed by atoms with van der Waals surface area (Å²) in [5.74, 6) is 1.11. The Morgan fingerprint density at radius 3 is 2.47 bits per heavy atom. The molecule has 2 aromatic carbocycles. The number of pyridine rings is 1. The molecule has 7 heteroatoms. The molecule has 0 amide bonds. The molecule has 30 heavy (non-hydrogen) atoms. The lowest BCUT2D eigenvalue weighted by Crippen LogP contribution is -2.06. The highest BCUT2D eigenvalue weighted by Gasteiger charge is 2.20. The summed E-state index contributed by atoms with van der Waals surface area (Å²) in [6.07, 6.45) is 0. The van der Waals surface area contributed by atoms with Crippen LogP contribution in [-0.2, 0) is 11.3 Å². The molecule has 6 nitrogen and oxygen atoms in total. The molecule has 0 fully saturated rings. The monoisotopic (exact) mass is 421 g/mol. The largest absolute Gasteiger partial charge is 0.462 e. The first-order valence-corrected chi connectivity index (χ1v) is 9.95. The molecule has 4 rings (SSSR count). The predicted octanol–water partition coefficient (Wildman–Crippen LogP) is 5.41. The lowest BCUT2D eigenvalue weighted by Gasteiger charge is -2.08. The van der Waals surface area contributed by atoms with E-state index in [0.29, 0.717) is 23.1 Å². The SMILES string of the molecule is CCOC(=O)c1cc(Cl)nc2nn(Cc3ccc(Oc4ccccc4)cc3)c(C)c12. The second kappa shape index (κ2) is 8.55. The average molecular weight is 422 g/mol. The van der Waals surface area contributed by atoms with Crippen molar-refractivity contribution in [3.8, 4) is 11.5 Å². The van der Waals surface area contributed by atoms with Crippen molar-refractivity contribution in [2.24, 2.45) is 0 Å². The van der Waals surface area contributed by atoms with Crippen LogP contribution in [0.4, 0.5) is 0 Å². The minimum atomic E-state index is -0.433. The lowest BCUT2D eigenvalue weighted by molar-refractivity contribution is 0.0528. The van der Waals surface area contributed by atoms with E-state index in [0.717, 1.165) is 22.8 Å². The Morgan fingerprint density at radius 2 is 1.77 bits per heavy atom. The molecule has 0 bridgehead atoms. The maximum Gasteiger partial charge on any atom is 0.339 e. The van der Waals surface area contributed by atoms with Gasteiger partial charge in [0, 0.05) is 5.69 Å². The van der Waals surface area contributed by atoms with Crippen LogP contribution in [0.1, 0.15) is 28.5 Å². The number of benzene rings is 2. The number of aromatic nitrogens is 3. The topological polar surface area (TPSA) is 66.2 Å². The molecule has 0 atom stereocenters. The third-order valence-corrected chi connectivity index (χ3v) is 4.86. The summed E-state index contributed by atoms with van der Waals surface area (Å²) in [7, 11) is 0. The van der Waals surface area contributed by atoms with E-state index in [1.54, 1.807) is 6.92 Å².